The van der Waals surface area contributed by atoms with Crippen molar-refractivity contribution in [2.45, 2.75) is 58.9 Å². The van der Waals surface area contributed by atoms with Gasteiger partial charge in [0.2, 0.25) is 0 Å². The average Bonchev–Trinajstić information content (AvgIpc) is 2.89. The van der Waals surface area contributed by atoms with Gasteiger partial charge in [0.15, 0.2) is 0 Å². The lowest BCUT2D eigenvalue weighted by Gasteiger charge is -2.28. The molecule has 158 valence electrons. The molecule has 1 heterocycles. The third-order valence-corrected chi connectivity index (χ3v) is 6.48. The average molecular weight is 440 g/mol. The van der Waals surface area contributed by atoms with Crippen molar-refractivity contribution in [2.24, 2.45) is 0 Å². The number of hydrogen-bond donors (Lipinski definition) is 1. The largest absolute Gasteiger partial charge is 0.507 e. The van der Waals surface area contributed by atoms with Gasteiger partial charge >= 0.3 is 0 Å². The first kappa shape index (κ1) is 22.6. The van der Waals surface area contributed by atoms with Gasteiger partial charge in [-0.25, -0.2) is 0 Å². The van der Waals surface area contributed by atoms with E-state index < -0.39 is 0 Å². The monoisotopic (exact) mass is 439 g/mol. The molecule has 1 fully saturated rings. The number of hydrogen-bond acceptors (Lipinski definition) is 4. The second-order valence-corrected chi connectivity index (χ2v) is 11.4. The molecule has 5 heteroatoms. The number of carbonyl (C=O) groups is 1. The summed E-state index contributed by atoms with van der Waals surface area (Å²) in [4.78, 5) is 15.3. The fraction of sp³-hybridized carbons (Fsp3) is 0.360. The van der Waals surface area contributed by atoms with Crippen LogP contribution in [0.4, 0.5) is 0 Å². The topological polar surface area (TPSA) is 40.5 Å². The standard InChI is InChI=1S/C25H29NO2S2/c1-24(2,3)18-12-17(13-19(21(18)27)25(4,5)6)14-20-22(28)26(23(29)30-20)15-16-10-8-7-9-11-16/h7-14,27H,15H2,1-6H3. The molecule has 0 aliphatic carbocycles. The number of nitrogens with zero attached hydrogens (tertiary/aromatic N) is 1. The Bertz CT molecular complexity index is 977. The Morgan fingerprint density at radius 2 is 1.53 bits per heavy atom. The first-order valence-electron chi connectivity index (χ1n) is 10.0. The number of carbonyl (C=O) groups excluding carboxylic acids is 1. The number of rotatable bonds is 3. The van der Waals surface area contributed by atoms with Gasteiger partial charge in [0.25, 0.3) is 5.91 Å². The van der Waals surface area contributed by atoms with Gasteiger partial charge in [-0.15, -0.1) is 0 Å². The van der Waals surface area contributed by atoms with E-state index in [1.807, 2.05) is 48.5 Å². The minimum absolute atomic E-state index is 0.0726. The summed E-state index contributed by atoms with van der Waals surface area (Å²) in [5.41, 5.74) is 3.26. The number of thiocarbonyl (C=S) groups is 1. The lowest BCUT2D eigenvalue weighted by molar-refractivity contribution is -0.122. The van der Waals surface area contributed by atoms with E-state index in [-0.39, 0.29) is 16.7 Å². The zero-order valence-electron chi connectivity index (χ0n) is 18.4. The third-order valence-electron chi connectivity index (χ3n) is 5.10. The maximum Gasteiger partial charge on any atom is 0.266 e. The predicted octanol–water partition coefficient (Wildman–Crippen LogP) is 6.39. The number of phenolic OH excluding ortho intramolecular Hbond substituents is 1. The highest BCUT2D eigenvalue weighted by atomic mass is 32.2. The van der Waals surface area contributed by atoms with Crippen molar-refractivity contribution in [1.82, 2.24) is 4.90 Å². The highest BCUT2D eigenvalue weighted by Gasteiger charge is 2.32. The minimum Gasteiger partial charge on any atom is -0.507 e. The molecule has 1 amide bonds. The molecule has 30 heavy (non-hydrogen) atoms. The summed E-state index contributed by atoms with van der Waals surface area (Å²) < 4.78 is 0.570. The number of phenols is 1. The second-order valence-electron chi connectivity index (χ2n) is 9.72. The van der Waals surface area contributed by atoms with Gasteiger partial charge < -0.3 is 5.11 Å². The highest BCUT2D eigenvalue weighted by Crippen LogP contribution is 2.41. The predicted molar refractivity (Wildman–Crippen MR) is 131 cm³/mol. The molecule has 0 aromatic heterocycles. The van der Waals surface area contributed by atoms with E-state index in [4.69, 9.17) is 12.2 Å². The molecule has 1 aliphatic rings. The smallest absolute Gasteiger partial charge is 0.266 e. The first-order valence-corrected chi connectivity index (χ1v) is 11.3. The Morgan fingerprint density at radius 1 is 1.00 bits per heavy atom. The van der Waals surface area contributed by atoms with Crippen molar-refractivity contribution in [3.8, 4) is 5.75 Å². The molecule has 0 bridgehead atoms. The van der Waals surface area contributed by atoms with Crippen molar-refractivity contribution in [3.63, 3.8) is 0 Å². The van der Waals surface area contributed by atoms with E-state index in [0.29, 0.717) is 21.5 Å². The molecule has 2 aromatic rings. The maximum atomic E-state index is 13.1. The van der Waals surface area contributed by atoms with Crippen LogP contribution in [-0.4, -0.2) is 20.2 Å². The van der Waals surface area contributed by atoms with E-state index in [1.54, 1.807) is 4.90 Å². The normalized spacial score (nSPS) is 16.6. The van der Waals surface area contributed by atoms with Crippen molar-refractivity contribution in [3.05, 3.63) is 69.6 Å². The van der Waals surface area contributed by atoms with Crippen LogP contribution in [0.3, 0.4) is 0 Å². The summed E-state index contributed by atoms with van der Waals surface area (Å²) in [7, 11) is 0. The zero-order valence-corrected chi connectivity index (χ0v) is 20.1. The molecular formula is C25H29NO2S2. The van der Waals surface area contributed by atoms with Gasteiger partial charge in [-0.3, -0.25) is 9.69 Å². The van der Waals surface area contributed by atoms with Gasteiger partial charge in [0.05, 0.1) is 11.4 Å². The van der Waals surface area contributed by atoms with Gasteiger partial charge in [0, 0.05) is 11.1 Å². The van der Waals surface area contributed by atoms with Crippen LogP contribution in [0.2, 0.25) is 0 Å². The molecular weight excluding hydrogens is 410 g/mol. The molecule has 3 nitrogen and oxygen atoms in total. The molecule has 1 saturated heterocycles. The van der Waals surface area contributed by atoms with Crippen LogP contribution in [0.5, 0.6) is 5.75 Å². The van der Waals surface area contributed by atoms with Crippen LogP contribution in [-0.2, 0) is 22.2 Å². The molecule has 1 aliphatic heterocycles. The van der Waals surface area contributed by atoms with Crippen molar-refractivity contribution < 1.29 is 9.90 Å². The van der Waals surface area contributed by atoms with Crippen LogP contribution >= 0.6 is 24.0 Å². The number of thioether (sulfide) groups is 1. The van der Waals surface area contributed by atoms with Gasteiger partial charge in [-0.2, -0.15) is 0 Å². The van der Waals surface area contributed by atoms with Crippen LogP contribution in [0.1, 0.15) is 63.8 Å². The Balaban J connectivity index is 2.00. The van der Waals surface area contributed by atoms with Crippen LogP contribution in [0.15, 0.2) is 47.4 Å². The summed E-state index contributed by atoms with van der Waals surface area (Å²) in [5.74, 6) is 0.264. The van der Waals surface area contributed by atoms with Gasteiger partial charge in [-0.1, -0.05) is 95.9 Å². The molecule has 0 saturated carbocycles. The molecule has 2 aromatic carbocycles. The Morgan fingerprint density at radius 3 is 2.03 bits per heavy atom. The Hall–Kier alpha value is -2.11. The lowest BCUT2D eigenvalue weighted by atomic mass is 9.78. The third kappa shape index (κ3) is 4.79. The van der Waals surface area contributed by atoms with E-state index in [0.717, 1.165) is 22.3 Å². The fourth-order valence-corrected chi connectivity index (χ4v) is 4.69. The second kappa shape index (κ2) is 8.20. The first-order chi connectivity index (χ1) is 13.9. The lowest BCUT2D eigenvalue weighted by Crippen LogP contribution is -2.27. The molecule has 0 atom stereocenters. The Kier molecular flexibility index (Phi) is 6.17. The molecule has 1 N–H and O–H groups in total. The maximum absolute atomic E-state index is 13.1. The summed E-state index contributed by atoms with van der Waals surface area (Å²) in [6.45, 7) is 13.0. The van der Waals surface area contributed by atoms with Crippen LogP contribution in [0, 0.1) is 0 Å². The van der Waals surface area contributed by atoms with Crippen molar-refractivity contribution in [2.75, 3.05) is 0 Å². The number of aromatic hydroxyl groups is 1. The van der Waals surface area contributed by atoms with E-state index in [1.165, 1.54) is 11.8 Å². The summed E-state index contributed by atoms with van der Waals surface area (Å²) in [6, 6.07) is 13.8. The van der Waals surface area contributed by atoms with E-state index >= 15 is 0 Å². The fourth-order valence-electron chi connectivity index (χ4n) is 3.44. The minimum atomic E-state index is -0.222. The number of benzene rings is 2. The van der Waals surface area contributed by atoms with Crippen LogP contribution in [0.25, 0.3) is 6.08 Å². The van der Waals surface area contributed by atoms with E-state index in [9.17, 15) is 9.90 Å². The molecule has 3 rings (SSSR count). The number of amides is 1. The van der Waals surface area contributed by atoms with Gasteiger partial charge in [-0.05, 0) is 40.2 Å². The highest BCUT2D eigenvalue weighted by molar-refractivity contribution is 8.26. The summed E-state index contributed by atoms with van der Waals surface area (Å²) in [6.07, 6.45) is 1.90. The quantitative estimate of drug-likeness (QED) is 0.444. The summed E-state index contributed by atoms with van der Waals surface area (Å²) >= 11 is 6.82. The summed E-state index contributed by atoms with van der Waals surface area (Å²) in [5, 5.41) is 10.9. The van der Waals surface area contributed by atoms with Gasteiger partial charge in [0.1, 0.15) is 10.1 Å². The van der Waals surface area contributed by atoms with E-state index in [2.05, 4.69) is 41.5 Å². The SMILES string of the molecule is CC(C)(C)c1cc(C=C2SC(=S)N(Cc3ccccc3)C2=O)cc(C(C)(C)C)c1O. The van der Waals surface area contributed by atoms with Crippen molar-refractivity contribution in [1.29, 1.82) is 0 Å². The Labute approximate surface area is 189 Å². The molecule has 0 radical (unpaired) electrons. The molecule has 0 unspecified atom stereocenters. The zero-order chi connectivity index (χ0) is 22.3. The van der Waals surface area contributed by atoms with Crippen molar-refractivity contribution >= 4 is 40.3 Å². The molecule has 0 spiro atoms. The van der Waals surface area contributed by atoms with Crippen LogP contribution < -0.4 is 0 Å².